The molecular weight excluding hydrogens is 354 g/mol. The Kier molecular flexibility index (Phi) is 6.35. The summed E-state index contributed by atoms with van der Waals surface area (Å²) >= 11 is 0. The number of nitrogens with one attached hydrogen (secondary N) is 3. The van der Waals surface area contributed by atoms with Crippen LogP contribution in [0.3, 0.4) is 0 Å². The van der Waals surface area contributed by atoms with Gasteiger partial charge in [0.25, 0.3) is 0 Å². The van der Waals surface area contributed by atoms with Gasteiger partial charge in [0, 0.05) is 12.0 Å². The van der Waals surface area contributed by atoms with Gasteiger partial charge in [-0.15, -0.1) is 0 Å². The Morgan fingerprint density at radius 2 is 1.43 bits per heavy atom. The maximum absolute atomic E-state index is 13.3. The van der Waals surface area contributed by atoms with Crippen molar-refractivity contribution < 1.29 is 14.4 Å². The third-order valence-electron chi connectivity index (χ3n) is 7.06. The first kappa shape index (κ1) is 21.1. The van der Waals surface area contributed by atoms with Crippen LogP contribution in [0, 0.1) is 29.1 Å². The van der Waals surface area contributed by atoms with Crippen LogP contribution in [0.2, 0.25) is 0 Å². The standard InChI is InChI=1S/C22H37N3O3/c1-5-6-23-19(26)14(4)24-20(27)18(13(2)3)25-21(28)22-10-15-7-16(11-22)9-17(8-15)12-22/h13-18H,5-12H2,1-4H3,(H,23,26)(H,24,27)(H,25,28)/t14-,15?,16?,17?,18-,22?/m0/s1. The van der Waals surface area contributed by atoms with Gasteiger partial charge in [-0.2, -0.15) is 0 Å². The van der Waals surface area contributed by atoms with Gasteiger partial charge in [-0.05, 0) is 75.5 Å². The van der Waals surface area contributed by atoms with Gasteiger partial charge in [-0.1, -0.05) is 20.8 Å². The van der Waals surface area contributed by atoms with Crippen LogP contribution in [-0.2, 0) is 14.4 Å². The Hall–Kier alpha value is -1.59. The Morgan fingerprint density at radius 3 is 1.89 bits per heavy atom. The van der Waals surface area contributed by atoms with Gasteiger partial charge in [0.15, 0.2) is 0 Å². The third-order valence-corrected chi connectivity index (χ3v) is 7.06. The largest absolute Gasteiger partial charge is 0.354 e. The molecule has 28 heavy (non-hydrogen) atoms. The lowest BCUT2D eigenvalue weighted by molar-refractivity contribution is -0.149. The fourth-order valence-electron chi connectivity index (χ4n) is 5.99. The molecule has 4 saturated carbocycles. The van der Waals surface area contributed by atoms with Gasteiger partial charge in [-0.3, -0.25) is 14.4 Å². The summed E-state index contributed by atoms with van der Waals surface area (Å²) < 4.78 is 0. The zero-order valence-corrected chi connectivity index (χ0v) is 17.8. The van der Waals surface area contributed by atoms with Crippen LogP contribution in [0.1, 0.15) is 72.6 Å². The number of rotatable bonds is 8. The van der Waals surface area contributed by atoms with Crippen molar-refractivity contribution in [3.8, 4) is 0 Å². The molecule has 0 aromatic carbocycles. The zero-order valence-electron chi connectivity index (χ0n) is 17.8. The Bertz CT molecular complexity index is 581. The smallest absolute Gasteiger partial charge is 0.243 e. The minimum absolute atomic E-state index is 0.0382. The zero-order chi connectivity index (χ0) is 20.5. The minimum Gasteiger partial charge on any atom is -0.354 e. The fraction of sp³-hybridized carbons (Fsp3) is 0.864. The lowest BCUT2D eigenvalue weighted by Crippen LogP contribution is -2.59. The summed E-state index contributed by atoms with van der Waals surface area (Å²) in [6.45, 7) is 8.13. The maximum atomic E-state index is 13.3. The molecule has 4 bridgehead atoms. The van der Waals surface area contributed by atoms with Crippen molar-refractivity contribution in [3.63, 3.8) is 0 Å². The second-order valence-corrected chi connectivity index (χ2v) is 9.91. The van der Waals surface area contributed by atoms with Crippen LogP contribution >= 0.6 is 0 Å². The molecule has 0 spiro atoms. The van der Waals surface area contributed by atoms with E-state index in [0.717, 1.165) is 25.7 Å². The lowest BCUT2D eigenvalue weighted by Gasteiger charge is -2.55. The van der Waals surface area contributed by atoms with E-state index in [-0.39, 0.29) is 29.1 Å². The van der Waals surface area contributed by atoms with Gasteiger partial charge >= 0.3 is 0 Å². The molecule has 6 nitrogen and oxygen atoms in total. The molecular formula is C22H37N3O3. The van der Waals surface area contributed by atoms with E-state index < -0.39 is 12.1 Å². The maximum Gasteiger partial charge on any atom is 0.243 e. The van der Waals surface area contributed by atoms with Crippen LogP contribution in [-0.4, -0.2) is 36.3 Å². The SMILES string of the molecule is CCCNC(=O)[C@H](C)NC(=O)[C@@H](NC(=O)C12CC3CC(CC(C3)C1)C2)C(C)C. The van der Waals surface area contributed by atoms with Crippen LogP contribution in [0.5, 0.6) is 0 Å². The first-order chi connectivity index (χ1) is 13.2. The molecule has 6 heteroatoms. The highest BCUT2D eigenvalue weighted by atomic mass is 16.2. The van der Waals surface area contributed by atoms with E-state index in [1.807, 2.05) is 20.8 Å². The van der Waals surface area contributed by atoms with Gasteiger partial charge in [0.2, 0.25) is 17.7 Å². The van der Waals surface area contributed by atoms with Gasteiger partial charge in [0.1, 0.15) is 12.1 Å². The fourth-order valence-corrected chi connectivity index (χ4v) is 5.99. The number of hydrogen-bond donors (Lipinski definition) is 3. The van der Waals surface area contributed by atoms with E-state index in [2.05, 4.69) is 16.0 Å². The summed E-state index contributed by atoms with van der Waals surface area (Å²) in [5, 5.41) is 8.66. The molecule has 158 valence electrons. The molecule has 0 heterocycles. The van der Waals surface area contributed by atoms with E-state index in [1.165, 1.54) is 19.3 Å². The molecule has 0 aliphatic heterocycles. The molecule has 0 radical (unpaired) electrons. The molecule has 3 amide bonds. The second-order valence-electron chi connectivity index (χ2n) is 9.91. The van der Waals surface area contributed by atoms with Crippen molar-refractivity contribution in [1.29, 1.82) is 0 Å². The van der Waals surface area contributed by atoms with Crippen LogP contribution < -0.4 is 16.0 Å². The van der Waals surface area contributed by atoms with E-state index >= 15 is 0 Å². The molecule has 0 unspecified atom stereocenters. The highest BCUT2D eigenvalue weighted by molar-refractivity contribution is 5.93. The monoisotopic (exact) mass is 391 g/mol. The molecule has 4 rings (SSSR count). The van der Waals surface area contributed by atoms with E-state index in [4.69, 9.17) is 0 Å². The molecule has 0 aromatic rings. The molecule has 3 N–H and O–H groups in total. The summed E-state index contributed by atoms with van der Waals surface area (Å²) in [4.78, 5) is 38.2. The number of carbonyl (C=O) groups is 3. The normalized spacial score (nSPS) is 32.7. The van der Waals surface area contributed by atoms with Crippen LogP contribution in [0.15, 0.2) is 0 Å². The predicted octanol–water partition coefficient (Wildman–Crippen LogP) is 2.37. The molecule has 4 fully saturated rings. The van der Waals surface area contributed by atoms with E-state index in [1.54, 1.807) is 6.92 Å². The van der Waals surface area contributed by atoms with Crippen LogP contribution in [0.25, 0.3) is 0 Å². The second kappa shape index (κ2) is 8.42. The van der Waals surface area contributed by atoms with Gasteiger partial charge in [0.05, 0.1) is 0 Å². The summed E-state index contributed by atoms with van der Waals surface area (Å²) in [5.74, 6) is 1.62. The highest BCUT2D eigenvalue weighted by Crippen LogP contribution is 2.60. The van der Waals surface area contributed by atoms with Crippen molar-refractivity contribution in [2.45, 2.75) is 84.7 Å². The lowest BCUT2D eigenvalue weighted by atomic mass is 9.49. The number of carbonyl (C=O) groups excluding carboxylic acids is 3. The number of hydrogen-bond acceptors (Lipinski definition) is 3. The molecule has 2 atom stereocenters. The average molecular weight is 392 g/mol. The van der Waals surface area contributed by atoms with E-state index in [9.17, 15) is 14.4 Å². The molecule has 0 aromatic heterocycles. The van der Waals surface area contributed by atoms with Crippen LogP contribution in [0.4, 0.5) is 0 Å². The first-order valence-electron chi connectivity index (χ1n) is 11.1. The van der Waals surface area contributed by atoms with Crippen molar-refractivity contribution in [2.75, 3.05) is 6.54 Å². The molecule has 4 aliphatic carbocycles. The average Bonchev–Trinajstić information content (AvgIpc) is 2.62. The summed E-state index contributed by atoms with van der Waals surface area (Å²) in [6, 6.07) is -1.22. The Morgan fingerprint density at radius 1 is 0.893 bits per heavy atom. The van der Waals surface area contributed by atoms with E-state index in [0.29, 0.717) is 24.3 Å². The number of amides is 3. The topological polar surface area (TPSA) is 87.3 Å². The van der Waals surface area contributed by atoms with Crippen molar-refractivity contribution in [3.05, 3.63) is 0 Å². The Labute approximate surface area is 169 Å². The first-order valence-corrected chi connectivity index (χ1v) is 11.1. The van der Waals surface area contributed by atoms with Crippen molar-refractivity contribution in [2.24, 2.45) is 29.1 Å². The molecule has 4 aliphatic rings. The highest BCUT2D eigenvalue weighted by Gasteiger charge is 2.55. The summed E-state index contributed by atoms with van der Waals surface area (Å²) in [6.07, 6.45) is 7.64. The van der Waals surface area contributed by atoms with Gasteiger partial charge in [-0.25, -0.2) is 0 Å². The third kappa shape index (κ3) is 4.36. The summed E-state index contributed by atoms with van der Waals surface area (Å²) in [7, 11) is 0. The van der Waals surface area contributed by atoms with Gasteiger partial charge < -0.3 is 16.0 Å². The predicted molar refractivity (Wildman–Crippen MR) is 108 cm³/mol. The summed E-state index contributed by atoms with van der Waals surface area (Å²) in [5.41, 5.74) is -0.272. The quantitative estimate of drug-likeness (QED) is 0.594. The minimum atomic E-state index is -0.614. The molecule has 0 saturated heterocycles. The Balaban J connectivity index is 1.62. The van der Waals surface area contributed by atoms with Crippen molar-refractivity contribution in [1.82, 2.24) is 16.0 Å². The van der Waals surface area contributed by atoms with Crippen molar-refractivity contribution >= 4 is 17.7 Å².